The summed E-state index contributed by atoms with van der Waals surface area (Å²) in [5, 5.41) is 27.6. The number of halogens is 3. The molecule has 2 fully saturated rings. The van der Waals surface area contributed by atoms with E-state index in [0.29, 0.717) is 11.8 Å². The van der Waals surface area contributed by atoms with E-state index in [9.17, 15) is 18.3 Å². The third kappa shape index (κ3) is 4.36. The normalized spacial score (nSPS) is 24.6. The number of anilines is 2. The molecule has 2 aliphatic carbocycles. The van der Waals surface area contributed by atoms with Crippen LogP contribution in [0.1, 0.15) is 43.2 Å². The molecule has 36 heavy (non-hydrogen) atoms. The molecule has 1 saturated carbocycles. The second-order valence-electron chi connectivity index (χ2n) is 9.88. The highest BCUT2D eigenvalue weighted by Crippen LogP contribution is 2.55. The van der Waals surface area contributed by atoms with Gasteiger partial charge in [0.25, 0.3) is 0 Å². The van der Waals surface area contributed by atoms with E-state index in [0.717, 1.165) is 41.0 Å². The first-order valence-corrected chi connectivity index (χ1v) is 12.2. The van der Waals surface area contributed by atoms with Crippen molar-refractivity contribution < 1.29 is 28.2 Å². The number of aliphatic carboxylic acids is 1. The fraction of sp³-hybridized carbons (Fsp3) is 0.407. The number of benzene rings is 2. The Hall–Kier alpha value is -3.33. The predicted octanol–water partition coefficient (Wildman–Crippen LogP) is 5.66. The number of alkyl halides is 3. The Bertz CT molecular complexity index is 1290. The van der Waals surface area contributed by atoms with Gasteiger partial charge in [-0.05, 0) is 73.5 Å². The summed E-state index contributed by atoms with van der Waals surface area (Å²) in [7, 11) is 0. The molecule has 9 heteroatoms. The molecule has 1 aromatic heterocycles. The van der Waals surface area contributed by atoms with E-state index in [1.165, 1.54) is 43.2 Å². The van der Waals surface area contributed by atoms with Crippen LogP contribution in [-0.2, 0) is 16.6 Å². The SMILES string of the molecule is O=C(O)C(F)(F)F.Oc1cc2c(cc1Nc1cccc3cnccc13)C[C@@H]1NCC[C@]23CCCC[C@H]13. The van der Waals surface area contributed by atoms with Crippen molar-refractivity contribution in [1.82, 2.24) is 10.3 Å². The number of carboxylic acids is 1. The van der Waals surface area contributed by atoms with Crippen molar-refractivity contribution >= 4 is 28.1 Å². The van der Waals surface area contributed by atoms with Crippen LogP contribution in [0.15, 0.2) is 48.8 Å². The third-order valence-corrected chi connectivity index (χ3v) is 7.95. The number of fused-ring (bicyclic) bond motifs is 2. The number of hydrogen-bond acceptors (Lipinski definition) is 5. The van der Waals surface area contributed by atoms with Gasteiger partial charge in [0.2, 0.25) is 0 Å². The molecule has 0 amide bonds. The zero-order valence-corrected chi connectivity index (χ0v) is 19.6. The highest BCUT2D eigenvalue weighted by Gasteiger charge is 2.51. The molecule has 2 aromatic carbocycles. The molecule has 4 N–H and O–H groups in total. The van der Waals surface area contributed by atoms with E-state index in [2.05, 4.69) is 39.9 Å². The molecular formula is C27H28F3N3O3. The maximum absolute atomic E-state index is 11.0. The predicted molar refractivity (Wildman–Crippen MR) is 131 cm³/mol. The topological polar surface area (TPSA) is 94.5 Å². The van der Waals surface area contributed by atoms with Gasteiger partial charge in [0, 0.05) is 40.3 Å². The van der Waals surface area contributed by atoms with Crippen molar-refractivity contribution in [3.05, 3.63) is 59.9 Å². The molecule has 0 unspecified atom stereocenters. The lowest BCUT2D eigenvalue weighted by molar-refractivity contribution is -0.192. The number of nitrogens with one attached hydrogen (secondary N) is 2. The lowest BCUT2D eigenvalue weighted by Gasteiger charge is -2.56. The second-order valence-corrected chi connectivity index (χ2v) is 9.88. The summed E-state index contributed by atoms with van der Waals surface area (Å²) in [4.78, 5) is 13.1. The van der Waals surface area contributed by atoms with Gasteiger partial charge in [-0.2, -0.15) is 13.2 Å². The van der Waals surface area contributed by atoms with Gasteiger partial charge in [0.05, 0.1) is 5.69 Å². The first kappa shape index (κ1) is 24.4. The number of pyridine rings is 1. The molecule has 3 aliphatic rings. The number of carboxylic acid groups (broad SMARTS) is 1. The highest BCUT2D eigenvalue weighted by molar-refractivity contribution is 5.95. The standard InChI is InChI=1S/C25H27N3O.C2HF3O2/c29-24-14-20-17(12-22-19-5-1-2-8-25(19,20)9-11-27-22)13-23(24)28-21-6-3-4-16-15-26-10-7-18(16)21;3-2(4,5)1(6)7/h3-4,6-7,10,13-15,19,22,27-29H,1-2,5,8-9,11-12H2;(H,6,7)/t19-,22+,25+;/m1./s1. The molecule has 6 nitrogen and oxygen atoms in total. The van der Waals surface area contributed by atoms with Crippen LogP contribution in [0.5, 0.6) is 5.75 Å². The lowest BCUT2D eigenvalue weighted by Crippen LogP contribution is -2.59. The van der Waals surface area contributed by atoms with Crippen molar-refractivity contribution in [2.24, 2.45) is 5.92 Å². The number of aromatic hydroxyl groups is 1. The van der Waals surface area contributed by atoms with Crippen LogP contribution in [0.4, 0.5) is 24.5 Å². The van der Waals surface area contributed by atoms with E-state index in [-0.39, 0.29) is 5.41 Å². The van der Waals surface area contributed by atoms with E-state index in [4.69, 9.17) is 9.90 Å². The minimum atomic E-state index is -5.08. The van der Waals surface area contributed by atoms with Crippen LogP contribution in [-0.4, -0.2) is 39.9 Å². The lowest BCUT2D eigenvalue weighted by atomic mass is 9.53. The van der Waals surface area contributed by atoms with Crippen molar-refractivity contribution in [1.29, 1.82) is 0 Å². The van der Waals surface area contributed by atoms with Crippen molar-refractivity contribution in [3.8, 4) is 5.75 Å². The minimum absolute atomic E-state index is 0.267. The quantitative estimate of drug-likeness (QED) is 0.340. The summed E-state index contributed by atoms with van der Waals surface area (Å²) >= 11 is 0. The first-order valence-electron chi connectivity index (χ1n) is 12.2. The van der Waals surface area contributed by atoms with Crippen molar-refractivity contribution in [2.45, 2.75) is 56.2 Å². The molecule has 3 aromatic rings. The molecule has 1 aliphatic heterocycles. The number of nitrogens with zero attached hydrogens (tertiary/aromatic N) is 1. The molecule has 1 saturated heterocycles. The summed E-state index contributed by atoms with van der Waals surface area (Å²) in [6.45, 7) is 1.10. The van der Waals surface area contributed by atoms with E-state index >= 15 is 0 Å². The fourth-order valence-corrected chi connectivity index (χ4v) is 6.45. The fourth-order valence-electron chi connectivity index (χ4n) is 6.45. The van der Waals surface area contributed by atoms with Crippen LogP contribution < -0.4 is 10.6 Å². The molecule has 0 radical (unpaired) electrons. The maximum Gasteiger partial charge on any atom is 0.490 e. The zero-order chi connectivity index (χ0) is 25.5. The van der Waals surface area contributed by atoms with Crippen LogP contribution in [0.2, 0.25) is 0 Å². The molecule has 2 bridgehead atoms. The number of hydrogen-bond donors (Lipinski definition) is 4. The van der Waals surface area contributed by atoms with Crippen LogP contribution in [0.3, 0.4) is 0 Å². The second kappa shape index (κ2) is 9.28. The number of phenols is 1. The van der Waals surface area contributed by atoms with E-state index < -0.39 is 12.1 Å². The van der Waals surface area contributed by atoms with Crippen LogP contribution in [0.25, 0.3) is 10.8 Å². The Morgan fingerprint density at radius 2 is 1.94 bits per heavy atom. The van der Waals surface area contributed by atoms with Gasteiger partial charge >= 0.3 is 12.1 Å². The summed E-state index contributed by atoms with van der Waals surface area (Å²) in [5.41, 5.74) is 4.90. The molecule has 6 rings (SSSR count). The number of phenolic OH excluding ortho intramolecular Hbond substituents is 1. The Labute approximate surface area is 206 Å². The van der Waals surface area contributed by atoms with Crippen LogP contribution in [0, 0.1) is 5.92 Å². The third-order valence-electron chi connectivity index (χ3n) is 7.95. The maximum atomic E-state index is 11.0. The molecule has 0 spiro atoms. The number of rotatable bonds is 2. The van der Waals surface area contributed by atoms with Crippen molar-refractivity contribution in [2.75, 3.05) is 11.9 Å². The van der Waals surface area contributed by atoms with Gasteiger partial charge in [-0.25, -0.2) is 4.79 Å². The average molecular weight is 500 g/mol. The van der Waals surface area contributed by atoms with E-state index in [1.54, 1.807) is 0 Å². The van der Waals surface area contributed by atoms with Gasteiger partial charge in [0.15, 0.2) is 0 Å². The Balaban J connectivity index is 0.000000338. The smallest absolute Gasteiger partial charge is 0.490 e. The average Bonchev–Trinajstić information content (AvgIpc) is 2.85. The van der Waals surface area contributed by atoms with Gasteiger partial charge in [-0.15, -0.1) is 0 Å². The van der Waals surface area contributed by atoms with Gasteiger partial charge in [-0.3, -0.25) is 4.98 Å². The van der Waals surface area contributed by atoms with Gasteiger partial charge < -0.3 is 20.8 Å². The monoisotopic (exact) mass is 499 g/mol. The first-order chi connectivity index (χ1) is 17.2. The Kier molecular flexibility index (Phi) is 6.28. The zero-order valence-electron chi connectivity index (χ0n) is 19.6. The largest absolute Gasteiger partial charge is 0.506 e. The molecule has 190 valence electrons. The number of piperidine rings is 1. The highest BCUT2D eigenvalue weighted by atomic mass is 19.4. The van der Waals surface area contributed by atoms with Crippen LogP contribution >= 0.6 is 0 Å². The van der Waals surface area contributed by atoms with Crippen molar-refractivity contribution in [3.63, 3.8) is 0 Å². The van der Waals surface area contributed by atoms with E-state index in [1.807, 2.05) is 24.5 Å². The number of carbonyl (C=O) groups is 1. The van der Waals surface area contributed by atoms with Gasteiger partial charge in [-0.1, -0.05) is 25.0 Å². The molecular weight excluding hydrogens is 471 g/mol. The molecule has 3 atom stereocenters. The Morgan fingerprint density at radius 1 is 1.14 bits per heavy atom. The summed E-state index contributed by atoms with van der Waals surface area (Å²) < 4.78 is 31.7. The number of aromatic nitrogens is 1. The summed E-state index contributed by atoms with van der Waals surface area (Å²) in [5.74, 6) is -1.67. The molecule has 2 heterocycles. The summed E-state index contributed by atoms with van der Waals surface area (Å²) in [6, 6.07) is 13.1. The van der Waals surface area contributed by atoms with Gasteiger partial charge in [0.1, 0.15) is 5.75 Å². The summed E-state index contributed by atoms with van der Waals surface area (Å²) in [6.07, 6.45) is 6.13. The Morgan fingerprint density at radius 3 is 2.72 bits per heavy atom. The minimum Gasteiger partial charge on any atom is -0.506 e.